The number of fused-ring (bicyclic) bond motifs is 1. The molecule has 0 aliphatic carbocycles. The van der Waals surface area contributed by atoms with Crippen molar-refractivity contribution in [3.63, 3.8) is 0 Å². The second-order valence-electron chi connectivity index (χ2n) is 5.76. The molecule has 3 rings (SSSR count). The Morgan fingerprint density at radius 3 is 3.19 bits per heavy atom. The Morgan fingerprint density at radius 2 is 2.38 bits per heavy atom. The SMILES string of the molecule is CNCC1CCCN(C(=O)c2cc3nc(C)ccc3o2)C1. The molecule has 5 heteroatoms. The molecule has 1 aliphatic heterocycles. The molecule has 21 heavy (non-hydrogen) atoms. The Balaban J connectivity index is 1.79. The average molecular weight is 287 g/mol. The molecule has 1 amide bonds. The van der Waals surface area contributed by atoms with Crippen molar-refractivity contribution in [3.05, 3.63) is 29.7 Å². The van der Waals surface area contributed by atoms with E-state index in [0.29, 0.717) is 17.3 Å². The first-order valence-electron chi connectivity index (χ1n) is 7.48. The maximum absolute atomic E-state index is 12.6. The summed E-state index contributed by atoms with van der Waals surface area (Å²) in [5.74, 6) is 0.900. The highest BCUT2D eigenvalue weighted by Crippen LogP contribution is 2.22. The van der Waals surface area contributed by atoms with Crippen LogP contribution in [0, 0.1) is 12.8 Å². The van der Waals surface area contributed by atoms with Gasteiger partial charge in [0.1, 0.15) is 5.52 Å². The van der Waals surface area contributed by atoms with Crippen LogP contribution in [0.1, 0.15) is 29.1 Å². The number of carbonyl (C=O) groups excluding carboxylic acids is 1. The third kappa shape index (κ3) is 2.93. The summed E-state index contributed by atoms with van der Waals surface area (Å²) in [6.45, 7) is 4.48. The van der Waals surface area contributed by atoms with Gasteiger partial charge >= 0.3 is 0 Å². The van der Waals surface area contributed by atoms with E-state index in [1.807, 2.05) is 31.0 Å². The fourth-order valence-electron chi connectivity index (χ4n) is 2.99. The average Bonchev–Trinajstić information content (AvgIpc) is 2.90. The van der Waals surface area contributed by atoms with Crippen LogP contribution in [-0.2, 0) is 0 Å². The third-order valence-electron chi connectivity index (χ3n) is 4.02. The van der Waals surface area contributed by atoms with Gasteiger partial charge in [-0.05, 0) is 51.4 Å². The molecule has 0 aromatic carbocycles. The molecule has 2 aromatic rings. The molecule has 2 aromatic heterocycles. The van der Waals surface area contributed by atoms with E-state index in [-0.39, 0.29) is 5.91 Å². The number of nitrogens with one attached hydrogen (secondary N) is 1. The fourth-order valence-corrected chi connectivity index (χ4v) is 2.99. The number of amides is 1. The summed E-state index contributed by atoms with van der Waals surface area (Å²) in [7, 11) is 1.95. The minimum atomic E-state index is -0.0218. The van der Waals surface area contributed by atoms with Crippen LogP contribution >= 0.6 is 0 Å². The van der Waals surface area contributed by atoms with Crippen molar-refractivity contribution in [2.75, 3.05) is 26.7 Å². The molecule has 1 unspecified atom stereocenters. The number of aryl methyl sites for hydroxylation is 1. The lowest BCUT2D eigenvalue weighted by atomic mass is 9.98. The van der Waals surface area contributed by atoms with E-state index in [9.17, 15) is 4.79 Å². The normalized spacial score (nSPS) is 19.1. The minimum absolute atomic E-state index is 0.0218. The first kappa shape index (κ1) is 14.1. The van der Waals surface area contributed by atoms with Gasteiger partial charge in [-0.25, -0.2) is 4.98 Å². The maximum atomic E-state index is 12.6. The Hall–Kier alpha value is -1.88. The largest absolute Gasteiger partial charge is 0.449 e. The van der Waals surface area contributed by atoms with Crippen molar-refractivity contribution in [1.29, 1.82) is 0 Å². The molecular formula is C16H21N3O2. The van der Waals surface area contributed by atoms with Crippen LogP contribution in [0.4, 0.5) is 0 Å². The van der Waals surface area contributed by atoms with Crippen molar-refractivity contribution in [3.8, 4) is 0 Å². The van der Waals surface area contributed by atoms with E-state index in [1.165, 1.54) is 6.42 Å². The molecule has 1 atom stereocenters. The van der Waals surface area contributed by atoms with E-state index in [2.05, 4.69) is 10.3 Å². The number of furan rings is 1. The number of piperidine rings is 1. The van der Waals surface area contributed by atoms with Gasteiger partial charge in [0.15, 0.2) is 11.3 Å². The van der Waals surface area contributed by atoms with Crippen LogP contribution in [0.25, 0.3) is 11.1 Å². The van der Waals surface area contributed by atoms with Crippen molar-refractivity contribution in [2.24, 2.45) is 5.92 Å². The molecule has 5 nitrogen and oxygen atoms in total. The lowest BCUT2D eigenvalue weighted by Gasteiger charge is -2.32. The molecule has 1 fully saturated rings. The number of hydrogen-bond donors (Lipinski definition) is 1. The maximum Gasteiger partial charge on any atom is 0.289 e. The molecular weight excluding hydrogens is 266 g/mol. The lowest BCUT2D eigenvalue weighted by molar-refractivity contribution is 0.0644. The Morgan fingerprint density at radius 1 is 1.52 bits per heavy atom. The van der Waals surface area contributed by atoms with Crippen LogP contribution in [-0.4, -0.2) is 42.5 Å². The summed E-state index contributed by atoms with van der Waals surface area (Å²) in [4.78, 5) is 18.9. The van der Waals surface area contributed by atoms with Gasteiger partial charge in [-0.1, -0.05) is 0 Å². The second-order valence-corrected chi connectivity index (χ2v) is 5.76. The van der Waals surface area contributed by atoms with Gasteiger partial charge in [0, 0.05) is 24.8 Å². The van der Waals surface area contributed by atoms with Crippen LogP contribution in [0.15, 0.2) is 22.6 Å². The number of rotatable bonds is 3. The number of hydrogen-bond acceptors (Lipinski definition) is 4. The number of likely N-dealkylation sites (tertiary alicyclic amines) is 1. The van der Waals surface area contributed by atoms with Crippen molar-refractivity contribution >= 4 is 17.0 Å². The van der Waals surface area contributed by atoms with Crippen LogP contribution in [0.5, 0.6) is 0 Å². The topological polar surface area (TPSA) is 58.4 Å². The van der Waals surface area contributed by atoms with Gasteiger partial charge in [-0.15, -0.1) is 0 Å². The molecule has 0 saturated carbocycles. The molecule has 3 heterocycles. The highest BCUT2D eigenvalue weighted by molar-refractivity contribution is 5.95. The molecule has 112 valence electrons. The van der Waals surface area contributed by atoms with Gasteiger partial charge < -0.3 is 14.6 Å². The van der Waals surface area contributed by atoms with Gasteiger partial charge in [-0.2, -0.15) is 0 Å². The zero-order valence-electron chi connectivity index (χ0n) is 12.6. The van der Waals surface area contributed by atoms with E-state index < -0.39 is 0 Å². The number of carbonyl (C=O) groups is 1. The molecule has 0 radical (unpaired) electrons. The Labute approximate surface area is 124 Å². The molecule has 0 spiro atoms. The van der Waals surface area contributed by atoms with Gasteiger partial charge in [0.25, 0.3) is 5.91 Å². The zero-order chi connectivity index (χ0) is 14.8. The van der Waals surface area contributed by atoms with E-state index >= 15 is 0 Å². The predicted octanol–water partition coefficient (Wildman–Crippen LogP) is 2.21. The Kier molecular flexibility index (Phi) is 3.92. The van der Waals surface area contributed by atoms with Crippen LogP contribution in [0.3, 0.4) is 0 Å². The summed E-state index contributed by atoms with van der Waals surface area (Å²) in [5.41, 5.74) is 2.35. The zero-order valence-corrected chi connectivity index (χ0v) is 12.6. The third-order valence-corrected chi connectivity index (χ3v) is 4.02. The van der Waals surface area contributed by atoms with Crippen LogP contribution < -0.4 is 5.32 Å². The molecule has 0 bridgehead atoms. The lowest BCUT2D eigenvalue weighted by Crippen LogP contribution is -2.42. The van der Waals surface area contributed by atoms with Gasteiger partial charge in [-0.3, -0.25) is 4.79 Å². The number of nitrogens with zero attached hydrogens (tertiary/aromatic N) is 2. The predicted molar refractivity (Wildman–Crippen MR) is 81.3 cm³/mol. The van der Waals surface area contributed by atoms with Crippen molar-refractivity contribution in [1.82, 2.24) is 15.2 Å². The van der Waals surface area contributed by atoms with E-state index in [0.717, 1.165) is 37.3 Å². The Bertz CT molecular complexity index is 648. The second kappa shape index (κ2) is 5.85. The number of aromatic nitrogens is 1. The molecule has 1 saturated heterocycles. The number of pyridine rings is 1. The smallest absolute Gasteiger partial charge is 0.289 e. The first-order valence-corrected chi connectivity index (χ1v) is 7.48. The quantitative estimate of drug-likeness (QED) is 0.940. The van der Waals surface area contributed by atoms with Gasteiger partial charge in [0.05, 0.1) is 0 Å². The summed E-state index contributed by atoms with van der Waals surface area (Å²) in [6.07, 6.45) is 2.22. The molecule has 1 aliphatic rings. The highest BCUT2D eigenvalue weighted by atomic mass is 16.3. The van der Waals surface area contributed by atoms with Crippen molar-refractivity contribution < 1.29 is 9.21 Å². The summed E-state index contributed by atoms with van der Waals surface area (Å²) >= 11 is 0. The molecule has 1 N–H and O–H groups in total. The summed E-state index contributed by atoms with van der Waals surface area (Å²) in [6, 6.07) is 5.52. The first-order chi connectivity index (χ1) is 10.2. The van der Waals surface area contributed by atoms with E-state index in [4.69, 9.17) is 4.42 Å². The highest BCUT2D eigenvalue weighted by Gasteiger charge is 2.26. The monoisotopic (exact) mass is 287 g/mol. The fraction of sp³-hybridized carbons (Fsp3) is 0.500. The van der Waals surface area contributed by atoms with E-state index in [1.54, 1.807) is 6.07 Å². The van der Waals surface area contributed by atoms with Crippen LogP contribution in [0.2, 0.25) is 0 Å². The van der Waals surface area contributed by atoms with Crippen molar-refractivity contribution in [2.45, 2.75) is 19.8 Å². The summed E-state index contributed by atoms with van der Waals surface area (Å²) in [5, 5.41) is 3.19. The standard InChI is InChI=1S/C16H21N3O2/c1-11-5-6-14-13(18-11)8-15(21-14)16(20)19-7-3-4-12(10-19)9-17-2/h5-6,8,12,17H,3-4,7,9-10H2,1-2H3. The summed E-state index contributed by atoms with van der Waals surface area (Å²) < 4.78 is 5.66. The minimum Gasteiger partial charge on any atom is -0.449 e. The van der Waals surface area contributed by atoms with Gasteiger partial charge in [0.2, 0.25) is 0 Å².